The van der Waals surface area contributed by atoms with E-state index >= 15 is 0 Å². The SMILES string of the molecule is CCCCCC/C=C\C=C/CCCCCCCC(=O)OC[C@H](COP(=O)(O)OC[C@@H](O)COP(=O)(O)OC[C@@H](COC(=O)CCCCCCCCCCCC(C)C)OC(=O)CCCCCCCCCCCCC(C)CC)OC(=O)CCCCCCCCCCCCCCCCCCCCC(C)CC. The molecule has 0 heterocycles. The molecule has 0 saturated heterocycles. The minimum atomic E-state index is -4.97. The smallest absolute Gasteiger partial charge is 0.462 e. The molecule has 4 unspecified atom stereocenters. The summed E-state index contributed by atoms with van der Waals surface area (Å²) in [5, 5.41) is 10.7. The number of carbonyl (C=O) groups is 4. The van der Waals surface area contributed by atoms with E-state index in [-0.39, 0.29) is 25.7 Å². The number of aliphatic hydroxyl groups excluding tert-OH is 1. The summed E-state index contributed by atoms with van der Waals surface area (Å²) >= 11 is 0. The number of rotatable bonds is 80. The maximum Gasteiger partial charge on any atom is 0.472 e. The van der Waals surface area contributed by atoms with Gasteiger partial charge in [-0.3, -0.25) is 37.3 Å². The summed E-state index contributed by atoms with van der Waals surface area (Å²) in [4.78, 5) is 73.1. The molecule has 0 aliphatic heterocycles. The van der Waals surface area contributed by atoms with Crippen molar-refractivity contribution < 1.29 is 80.2 Å². The van der Waals surface area contributed by atoms with E-state index in [2.05, 4.69) is 72.8 Å². The lowest BCUT2D eigenvalue weighted by Gasteiger charge is -2.21. The third-order valence-corrected chi connectivity index (χ3v) is 21.6. The molecule has 7 atom stereocenters. The third-order valence-electron chi connectivity index (χ3n) is 19.7. The normalized spacial score (nSPS) is 14.6. The Morgan fingerprint density at radius 2 is 0.573 bits per heavy atom. The van der Waals surface area contributed by atoms with Crippen molar-refractivity contribution >= 4 is 39.5 Å². The van der Waals surface area contributed by atoms with Gasteiger partial charge in [0, 0.05) is 25.7 Å². The van der Waals surface area contributed by atoms with Crippen LogP contribution in [0.4, 0.5) is 0 Å². The van der Waals surface area contributed by atoms with Crippen LogP contribution in [-0.4, -0.2) is 96.7 Å². The summed E-state index contributed by atoms with van der Waals surface area (Å²) in [5.41, 5.74) is 0. The fraction of sp³-hybridized carbons (Fsp3) is 0.905. The molecule has 0 spiro atoms. The quantitative estimate of drug-likeness (QED) is 0.0169. The minimum absolute atomic E-state index is 0.101. The van der Waals surface area contributed by atoms with Crippen LogP contribution in [-0.2, 0) is 65.4 Å². The van der Waals surface area contributed by atoms with E-state index in [1.807, 2.05) is 0 Å². The molecule has 0 fully saturated rings. The van der Waals surface area contributed by atoms with Crippen LogP contribution in [0.5, 0.6) is 0 Å². The molecule has 3 N–H and O–H groups in total. The van der Waals surface area contributed by atoms with Gasteiger partial charge >= 0.3 is 39.5 Å². The Balaban J connectivity index is 5.27. The second-order valence-corrected chi connectivity index (χ2v) is 33.4. The van der Waals surface area contributed by atoms with Gasteiger partial charge in [-0.05, 0) is 69.1 Å². The number of hydrogen-bond donors (Lipinski definition) is 3. The zero-order valence-corrected chi connectivity index (χ0v) is 69.1. The molecule has 0 aromatic heterocycles. The first-order valence-electron chi connectivity index (χ1n) is 42.7. The van der Waals surface area contributed by atoms with Crippen molar-refractivity contribution in [3.8, 4) is 0 Å². The van der Waals surface area contributed by atoms with Crippen molar-refractivity contribution in [2.75, 3.05) is 39.6 Å². The maximum atomic E-state index is 13.1. The first kappa shape index (κ1) is 101. The predicted octanol–water partition coefficient (Wildman–Crippen LogP) is 24.9. The van der Waals surface area contributed by atoms with E-state index in [4.69, 9.17) is 37.0 Å². The van der Waals surface area contributed by atoms with E-state index in [0.29, 0.717) is 25.7 Å². The molecule has 0 saturated carbocycles. The Morgan fingerprint density at radius 3 is 0.864 bits per heavy atom. The highest BCUT2D eigenvalue weighted by Gasteiger charge is 2.30. The van der Waals surface area contributed by atoms with Gasteiger partial charge in [0.15, 0.2) is 12.2 Å². The van der Waals surface area contributed by atoms with Gasteiger partial charge in [-0.25, -0.2) is 9.13 Å². The van der Waals surface area contributed by atoms with Gasteiger partial charge in [-0.1, -0.05) is 362 Å². The number of unbranched alkanes of at least 4 members (excludes halogenated alkanes) is 43. The van der Waals surface area contributed by atoms with Gasteiger partial charge in [0.25, 0.3) is 0 Å². The Bertz CT molecular complexity index is 2090. The number of phosphoric ester groups is 2. The van der Waals surface area contributed by atoms with E-state index in [1.165, 1.54) is 205 Å². The number of esters is 4. The van der Waals surface area contributed by atoms with E-state index in [9.17, 15) is 43.2 Å². The maximum absolute atomic E-state index is 13.1. The van der Waals surface area contributed by atoms with Gasteiger partial charge in [0.2, 0.25) is 0 Å². The Labute approximate surface area is 631 Å². The van der Waals surface area contributed by atoms with Crippen LogP contribution in [0.2, 0.25) is 0 Å². The largest absolute Gasteiger partial charge is 0.472 e. The number of aliphatic hydroxyl groups is 1. The van der Waals surface area contributed by atoms with E-state index in [0.717, 1.165) is 127 Å². The zero-order chi connectivity index (χ0) is 75.8. The molecule has 0 aromatic carbocycles. The van der Waals surface area contributed by atoms with Gasteiger partial charge in [-0.15, -0.1) is 0 Å². The van der Waals surface area contributed by atoms with Crippen LogP contribution < -0.4 is 0 Å². The number of hydrogen-bond acceptors (Lipinski definition) is 15. The Morgan fingerprint density at radius 1 is 0.320 bits per heavy atom. The van der Waals surface area contributed by atoms with Crippen LogP contribution in [0.3, 0.4) is 0 Å². The number of phosphoric acid groups is 2. The fourth-order valence-electron chi connectivity index (χ4n) is 12.4. The van der Waals surface area contributed by atoms with E-state index in [1.54, 1.807) is 0 Å². The molecular weight excluding hydrogens is 1340 g/mol. The molecule has 608 valence electrons. The second kappa shape index (κ2) is 73.7. The summed E-state index contributed by atoms with van der Waals surface area (Å²) < 4.78 is 68.8. The lowest BCUT2D eigenvalue weighted by molar-refractivity contribution is -0.161. The van der Waals surface area contributed by atoms with Crippen LogP contribution in [0.25, 0.3) is 0 Å². The van der Waals surface area contributed by atoms with Crippen molar-refractivity contribution in [1.82, 2.24) is 0 Å². The lowest BCUT2D eigenvalue weighted by Crippen LogP contribution is -2.30. The van der Waals surface area contributed by atoms with E-state index < -0.39 is 97.5 Å². The highest BCUT2D eigenvalue weighted by atomic mass is 31.2. The number of carbonyl (C=O) groups excluding carboxylic acids is 4. The van der Waals surface area contributed by atoms with Crippen molar-refractivity contribution in [3.05, 3.63) is 24.3 Å². The molecule has 0 radical (unpaired) electrons. The summed E-state index contributed by atoms with van der Waals surface area (Å²) in [6.45, 7) is 12.0. The average Bonchev–Trinajstić information content (AvgIpc) is 0.916. The molecule has 0 amide bonds. The number of ether oxygens (including phenoxy) is 4. The monoisotopic (exact) mass is 1500 g/mol. The van der Waals surface area contributed by atoms with Crippen LogP contribution in [0, 0.1) is 17.8 Å². The van der Waals surface area contributed by atoms with Gasteiger partial charge in [0.1, 0.15) is 19.3 Å². The molecule has 0 aromatic rings. The number of allylic oxidation sites excluding steroid dienone is 4. The summed E-state index contributed by atoms with van der Waals surface area (Å²) in [6.07, 6.45) is 65.9. The highest BCUT2D eigenvalue weighted by Crippen LogP contribution is 2.45. The van der Waals surface area contributed by atoms with Gasteiger partial charge in [-0.2, -0.15) is 0 Å². The molecule has 103 heavy (non-hydrogen) atoms. The van der Waals surface area contributed by atoms with Crippen molar-refractivity contribution in [2.24, 2.45) is 17.8 Å². The topological polar surface area (TPSA) is 237 Å². The van der Waals surface area contributed by atoms with Crippen molar-refractivity contribution in [1.29, 1.82) is 0 Å². The van der Waals surface area contributed by atoms with Crippen molar-refractivity contribution in [2.45, 2.75) is 433 Å². The van der Waals surface area contributed by atoms with Crippen LogP contribution in [0.1, 0.15) is 414 Å². The zero-order valence-electron chi connectivity index (χ0n) is 67.3. The molecule has 0 aliphatic carbocycles. The average molecular weight is 1500 g/mol. The first-order valence-corrected chi connectivity index (χ1v) is 45.7. The Hall–Kier alpha value is -2.46. The molecular formula is C84H160O17P2. The highest BCUT2D eigenvalue weighted by molar-refractivity contribution is 7.47. The minimum Gasteiger partial charge on any atom is -0.462 e. The standard InChI is InChI=1S/C84H160O17P2/c1-8-11-12-13-14-15-16-17-22-26-29-37-44-51-58-65-81(86)94-71-79(100-83(88)67-60-53-46-38-30-27-24-21-19-18-20-23-25-28-35-42-49-56-63-76(6)9-2)73-98-102(90,91)96-69-78(85)70-97-103(92,93)99-74-80(72-95-82(87)66-59-52-45-40-33-34-41-48-55-62-75(4)5)101-84(89)68-61-54-47-39-32-31-36-43-50-57-64-77(7)10-3/h15-17,22,75-80,85H,8-14,18-21,23-74H2,1-7H3,(H,90,91)(H,92,93)/b16-15-,22-17-/t76?,77?,78-,79-,80-/m1/s1. The summed E-state index contributed by atoms with van der Waals surface area (Å²) in [7, 11) is -9.94. The molecule has 0 aliphatic rings. The van der Waals surface area contributed by atoms with Crippen molar-refractivity contribution in [3.63, 3.8) is 0 Å². The van der Waals surface area contributed by atoms with Crippen LogP contribution in [0.15, 0.2) is 24.3 Å². The first-order chi connectivity index (χ1) is 49.8. The lowest BCUT2D eigenvalue weighted by atomic mass is 9.99. The van der Waals surface area contributed by atoms with Gasteiger partial charge < -0.3 is 33.8 Å². The summed E-state index contributed by atoms with van der Waals surface area (Å²) in [5.74, 6) is 0.275. The molecule has 17 nitrogen and oxygen atoms in total. The third kappa shape index (κ3) is 74.8. The molecule has 0 rings (SSSR count). The second-order valence-electron chi connectivity index (χ2n) is 30.5. The Kier molecular flexibility index (Phi) is 71.9. The van der Waals surface area contributed by atoms with Crippen LogP contribution >= 0.6 is 15.6 Å². The summed E-state index contributed by atoms with van der Waals surface area (Å²) in [6, 6.07) is 0. The molecule has 19 heteroatoms. The predicted molar refractivity (Wildman–Crippen MR) is 423 cm³/mol. The molecule has 0 bridgehead atoms. The van der Waals surface area contributed by atoms with Gasteiger partial charge in [0.05, 0.1) is 26.4 Å². The fourth-order valence-corrected chi connectivity index (χ4v) is 14.0.